The second-order valence-electron chi connectivity index (χ2n) is 8.03. The first-order valence-electron chi connectivity index (χ1n) is 9.83. The molecule has 1 N–H and O–H groups in total. The number of ether oxygens (including phenoxy) is 1. The van der Waals surface area contributed by atoms with Crippen molar-refractivity contribution in [2.24, 2.45) is 10.4 Å². The highest BCUT2D eigenvalue weighted by atomic mass is 127. The smallest absolute Gasteiger partial charge is 0.193 e. The molecule has 1 saturated carbocycles. The molecule has 1 aliphatic heterocycles. The van der Waals surface area contributed by atoms with E-state index in [1.807, 2.05) is 19.2 Å². The van der Waals surface area contributed by atoms with Crippen molar-refractivity contribution in [1.82, 2.24) is 15.1 Å². The van der Waals surface area contributed by atoms with Gasteiger partial charge in [-0.25, -0.2) is 0 Å². The van der Waals surface area contributed by atoms with Gasteiger partial charge >= 0.3 is 0 Å². The number of benzene rings is 1. The van der Waals surface area contributed by atoms with Gasteiger partial charge in [0.05, 0.1) is 13.2 Å². The van der Waals surface area contributed by atoms with Gasteiger partial charge in [-0.15, -0.1) is 24.0 Å². The van der Waals surface area contributed by atoms with Crippen LogP contribution < -0.4 is 10.1 Å². The van der Waals surface area contributed by atoms with Crippen molar-refractivity contribution in [1.29, 1.82) is 0 Å². The molecule has 2 aliphatic rings. The molecule has 0 radical (unpaired) electrons. The van der Waals surface area contributed by atoms with Gasteiger partial charge in [0, 0.05) is 32.2 Å². The van der Waals surface area contributed by atoms with Crippen molar-refractivity contribution in [3.8, 4) is 5.75 Å². The maximum atomic E-state index is 5.58. The first-order chi connectivity index (χ1) is 12.6. The minimum Gasteiger partial charge on any atom is -0.496 e. The molecule has 0 aromatic heterocycles. The van der Waals surface area contributed by atoms with E-state index >= 15 is 0 Å². The highest BCUT2D eigenvalue weighted by molar-refractivity contribution is 14.0. The van der Waals surface area contributed by atoms with Crippen LogP contribution in [-0.4, -0.2) is 63.6 Å². The molecule has 1 unspecified atom stereocenters. The van der Waals surface area contributed by atoms with E-state index in [4.69, 9.17) is 4.74 Å². The summed E-state index contributed by atoms with van der Waals surface area (Å²) < 4.78 is 5.58. The van der Waals surface area contributed by atoms with E-state index in [-0.39, 0.29) is 30.0 Å². The summed E-state index contributed by atoms with van der Waals surface area (Å²) >= 11 is 0. The highest BCUT2D eigenvalue weighted by Gasteiger charge is 2.41. The lowest BCUT2D eigenvalue weighted by molar-refractivity contribution is 0.282. The second kappa shape index (κ2) is 9.96. The van der Waals surface area contributed by atoms with E-state index in [0.717, 1.165) is 31.3 Å². The largest absolute Gasteiger partial charge is 0.496 e. The fourth-order valence-corrected chi connectivity index (χ4v) is 4.68. The molecule has 1 atom stereocenters. The number of guanidine groups is 1. The van der Waals surface area contributed by atoms with Crippen LogP contribution in [0.15, 0.2) is 29.3 Å². The summed E-state index contributed by atoms with van der Waals surface area (Å²) in [5.74, 6) is 1.98. The summed E-state index contributed by atoms with van der Waals surface area (Å²) in [6, 6.07) is 8.51. The molecule has 27 heavy (non-hydrogen) atoms. The topological polar surface area (TPSA) is 40.1 Å². The van der Waals surface area contributed by atoms with Gasteiger partial charge in [0.2, 0.25) is 0 Å². The van der Waals surface area contributed by atoms with E-state index in [0.29, 0.717) is 5.41 Å². The normalized spacial score (nSPS) is 20.0. The standard InChI is InChI=1S/C21H34N4O.HI/c1-22-20(25-14-13-21(16-25)11-7-8-12-21)23-15-18(24(2)3)17-9-5-6-10-19(17)26-4;/h5-6,9-10,18H,7-8,11-16H2,1-4H3,(H,22,23);1H. The molecule has 3 rings (SSSR count). The Morgan fingerprint density at radius 1 is 1.26 bits per heavy atom. The van der Waals surface area contributed by atoms with Gasteiger partial charge in [-0.2, -0.15) is 0 Å². The molecule has 1 aliphatic carbocycles. The molecule has 152 valence electrons. The van der Waals surface area contributed by atoms with Crippen LogP contribution in [0.4, 0.5) is 0 Å². The summed E-state index contributed by atoms with van der Waals surface area (Å²) in [5.41, 5.74) is 1.76. The van der Waals surface area contributed by atoms with Gasteiger partial charge in [0.25, 0.3) is 0 Å². The zero-order chi connectivity index (χ0) is 18.6. The van der Waals surface area contributed by atoms with Crippen molar-refractivity contribution in [3.05, 3.63) is 29.8 Å². The number of rotatable bonds is 5. The van der Waals surface area contributed by atoms with E-state index in [1.165, 1.54) is 37.7 Å². The van der Waals surface area contributed by atoms with E-state index in [1.54, 1.807) is 7.11 Å². The Bertz CT molecular complexity index is 628. The average molecular weight is 486 g/mol. The van der Waals surface area contributed by atoms with E-state index in [9.17, 15) is 0 Å². The second-order valence-corrected chi connectivity index (χ2v) is 8.03. The number of likely N-dealkylation sites (N-methyl/N-ethyl adjacent to an activating group) is 1. The minimum absolute atomic E-state index is 0. The molecular formula is C21H35IN4O. The van der Waals surface area contributed by atoms with Crippen LogP contribution >= 0.6 is 24.0 Å². The van der Waals surface area contributed by atoms with Gasteiger partial charge in [-0.3, -0.25) is 4.99 Å². The molecule has 1 aromatic carbocycles. The van der Waals surface area contributed by atoms with Crippen molar-refractivity contribution in [2.75, 3.05) is 47.9 Å². The predicted molar refractivity (Wildman–Crippen MR) is 123 cm³/mol. The lowest BCUT2D eigenvalue weighted by Crippen LogP contribution is -2.44. The molecular weight excluding hydrogens is 451 g/mol. The Labute approximate surface area is 181 Å². The average Bonchev–Trinajstić information content (AvgIpc) is 3.29. The van der Waals surface area contributed by atoms with Crippen molar-refractivity contribution < 1.29 is 4.74 Å². The summed E-state index contributed by atoms with van der Waals surface area (Å²) in [4.78, 5) is 9.27. The first kappa shape index (κ1) is 22.3. The van der Waals surface area contributed by atoms with Crippen molar-refractivity contribution in [3.63, 3.8) is 0 Å². The maximum absolute atomic E-state index is 5.58. The number of aliphatic imine (C=N–C) groups is 1. The summed E-state index contributed by atoms with van der Waals surface area (Å²) in [7, 11) is 7.87. The van der Waals surface area contributed by atoms with Gasteiger partial charge in [0.1, 0.15) is 5.75 Å². The molecule has 1 aromatic rings. The van der Waals surface area contributed by atoms with Crippen LogP contribution in [0, 0.1) is 5.41 Å². The number of hydrogen-bond acceptors (Lipinski definition) is 3. The van der Waals surface area contributed by atoms with Gasteiger partial charge in [-0.1, -0.05) is 31.0 Å². The number of hydrogen-bond donors (Lipinski definition) is 1. The van der Waals surface area contributed by atoms with Gasteiger partial charge in [-0.05, 0) is 44.8 Å². The summed E-state index contributed by atoms with van der Waals surface area (Å²) in [6.07, 6.45) is 6.90. The molecule has 1 heterocycles. The van der Waals surface area contributed by atoms with E-state index in [2.05, 4.69) is 46.3 Å². The SMILES string of the molecule is CN=C(NCC(c1ccccc1OC)N(C)C)N1CCC2(CCCC2)C1.I. The number of nitrogens with one attached hydrogen (secondary N) is 1. The Balaban J connectivity index is 0.00000261. The van der Waals surface area contributed by atoms with Crippen LogP contribution in [0.5, 0.6) is 5.75 Å². The quantitative estimate of drug-likeness (QED) is 0.391. The molecule has 1 spiro atoms. The number of nitrogens with zero attached hydrogens (tertiary/aromatic N) is 3. The zero-order valence-corrected chi connectivity index (χ0v) is 19.5. The Morgan fingerprint density at radius 2 is 1.96 bits per heavy atom. The Kier molecular flexibility index (Phi) is 8.21. The van der Waals surface area contributed by atoms with Crippen LogP contribution in [0.25, 0.3) is 0 Å². The lowest BCUT2D eigenvalue weighted by Gasteiger charge is -2.30. The third kappa shape index (κ3) is 5.08. The molecule has 5 nitrogen and oxygen atoms in total. The number of para-hydroxylation sites is 1. The van der Waals surface area contributed by atoms with Crippen molar-refractivity contribution >= 4 is 29.9 Å². The Hall–Kier alpha value is -1.02. The monoisotopic (exact) mass is 486 g/mol. The summed E-state index contributed by atoms with van der Waals surface area (Å²) in [6.45, 7) is 3.10. The Morgan fingerprint density at radius 3 is 2.59 bits per heavy atom. The van der Waals surface area contributed by atoms with Crippen LogP contribution in [-0.2, 0) is 0 Å². The van der Waals surface area contributed by atoms with Gasteiger partial charge in [0.15, 0.2) is 5.96 Å². The number of halogens is 1. The molecule has 6 heteroatoms. The minimum atomic E-state index is 0. The van der Waals surface area contributed by atoms with Crippen molar-refractivity contribution in [2.45, 2.75) is 38.1 Å². The molecule has 2 fully saturated rings. The van der Waals surface area contributed by atoms with Crippen LogP contribution in [0.1, 0.15) is 43.7 Å². The summed E-state index contributed by atoms with van der Waals surface area (Å²) in [5, 5.41) is 3.63. The number of likely N-dealkylation sites (tertiary alicyclic amines) is 1. The fourth-order valence-electron chi connectivity index (χ4n) is 4.68. The van der Waals surface area contributed by atoms with E-state index < -0.39 is 0 Å². The predicted octanol–water partition coefficient (Wildman–Crippen LogP) is 3.76. The molecule has 1 saturated heterocycles. The third-order valence-electron chi connectivity index (χ3n) is 6.19. The first-order valence-corrected chi connectivity index (χ1v) is 9.83. The van der Waals surface area contributed by atoms with Crippen LogP contribution in [0.2, 0.25) is 0 Å². The third-order valence-corrected chi connectivity index (χ3v) is 6.19. The molecule has 0 amide bonds. The van der Waals surface area contributed by atoms with Gasteiger partial charge < -0.3 is 19.9 Å². The number of methoxy groups -OCH3 is 1. The maximum Gasteiger partial charge on any atom is 0.193 e. The zero-order valence-electron chi connectivity index (χ0n) is 17.2. The van der Waals surface area contributed by atoms with Crippen LogP contribution in [0.3, 0.4) is 0 Å². The highest BCUT2D eigenvalue weighted by Crippen LogP contribution is 2.45. The molecule has 0 bridgehead atoms. The fraction of sp³-hybridized carbons (Fsp3) is 0.667. The lowest BCUT2D eigenvalue weighted by atomic mass is 9.86.